The quantitative estimate of drug-likeness (QED) is 0.234. The van der Waals surface area contributed by atoms with E-state index in [0.29, 0.717) is 22.6 Å². The second-order valence-electron chi connectivity index (χ2n) is 10.4. The Bertz CT molecular complexity index is 1790. The number of nitrogens with one attached hydrogen (secondary N) is 1. The third kappa shape index (κ3) is 5.58. The van der Waals surface area contributed by atoms with Gasteiger partial charge in [0.15, 0.2) is 9.84 Å². The third-order valence-electron chi connectivity index (χ3n) is 7.18. The molecule has 0 saturated carbocycles. The van der Waals surface area contributed by atoms with Gasteiger partial charge < -0.3 is 14.3 Å². The van der Waals surface area contributed by atoms with Crippen LogP contribution in [0.3, 0.4) is 0 Å². The fourth-order valence-electron chi connectivity index (χ4n) is 5.32. The highest BCUT2D eigenvalue weighted by Gasteiger charge is 2.34. The molecule has 2 aromatic heterocycles. The average Bonchev–Trinajstić information content (AvgIpc) is 3.45. The second kappa shape index (κ2) is 10.8. The molecule has 1 amide bonds. The van der Waals surface area contributed by atoms with E-state index in [1.54, 1.807) is 26.0 Å². The van der Waals surface area contributed by atoms with Crippen LogP contribution >= 0.6 is 0 Å². The normalized spacial score (nSPS) is 13.3. The Morgan fingerprint density at radius 1 is 0.975 bits per heavy atom. The maximum absolute atomic E-state index is 13.3. The first-order valence-corrected chi connectivity index (χ1v) is 15.0. The first-order valence-electron chi connectivity index (χ1n) is 13.1. The van der Waals surface area contributed by atoms with Crippen molar-refractivity contribution in [3.63, 3.8) is 0 Å². The van der Waals surface area contributed by atoms with Crippen molar-refractivity contribution in [2.45, 2.75) is 45.4 Å². The number of furan rings is 1. The summed E-state index contributed by atoms with van der Waals surface area (Å²) in [6.07, 6.45) is 1.33. The highest BCUT2D eigenvalue weighted by Crippen LogP contribution is 2.37. The van der Waals surface area contributed by atoms with Gasteiger partial charge in [-0.2, -0.15) is 0 Å². The molecule has 0 aliphatic carbocycles. The fourth-order valence-corrected chi connectivity index (χ4v) is 6.62. The first kappa shape index (κ1) is 27.4. The van der Waals surface area contributed by atoms with Crippen LogP contribution in [0, 0.1) is 27.7 Å². The van der Waals surface area contributed by atoms with Crippen LogP contribution in [0.4, 0.5) is 0 Å². The van der Waals surface area contributed by atoms with Crippen molar-refractivity contribution >= 4 is 26.7 Å². The summed E-state index contributed by atoms with van der Waals surface area (Å²) in [6, 6.07) is 23.1. The summed E-state index contributed by atoms with van der Waals surface area (Å²) in [5.41, 5.74) is 6.65. The Kier molecular flexibility index (Phi) is 7.38. The van der Waals surface area contributed by atoms with Crippen molar-refractivity contribution in [2.24, 2.45) is 0 Å². The van der Waals surface area contributed by atoms with E-state index in [1.165, 1.54) is 11.8 Å². The SMILES string of the molecule is Cc1ccc(C(NC(=O)Cc2ccc3oc(C(c4c(C)noc4C)S(C)(=O)=O)cc3c2)c2ccccc2)c(C)c1.[HH]. The van der Waals surface area contributed by atoms with Crippen molar-refractivity contribution in [1.29, 1.82) is 0 Å². The Morgan fingerprint density at radius 3 is 2.38 bits per heavy atom. The van der Waals surface area contributed by atoms with Crippen molar-refractivity contribution in [3.8, 4) is 0 Å². The van der Waals surface area contributed by atoms with Crippen LogP contribution in [-0.2, 0) is 21.1 Å². The van der Waals surface area contributed by atoms with Gasteiger partial charge in [-0.25, -0.2) is 8.42 Å². The molecule has 5 aromatic rings. The monoisotopic (exact) mass is 558 g/mol. The van der Waals surface area contributed by atoms with Gasteiger partial charge in [-0.15, -0.1) is 0 Å². The number of benzene rings is 3. The molecule has 208 valence electrons. The third-order valence-corrected chi connectivity index (χ3v) is 8.50. The number of sulfone groups is 1. The first-order chi connectivity index (χ1) is 19.0. The van der Waals surface area contributed by atoms with E-state index in [0.717, 1.165) is 27.6 Å². The Balaban J connectivity index is 0.00000387. The Labute approximate surface area is 235 Å². The number of hydrogen-bond donors (Lipinski definition) is 1. The molecule has 0 fully saturated rings. The van der Waals surface area contributed by atoms with E-state index in [1.807, 2.05) is 42.5 Å². The Hall–Kier alpha value is -4.17. The second-order valence-corrected chi connectivity index (χ2v) is 12.5. The molecule has 7 nitrogen and oxygen atoms in total. The average molecular weight is 559 g/mol. The van der Waals surface area contributed by atoms with Crippen LogP contribution in [0.2, 0.25) is 0 Å². The highest BCUT2D eigenvalue weighted by molar-refractivity contribution is 7.91. The predicted octanol–water partition coefficient (Wildman–Crippen LogP) is 6.48. The molecule has 3 aromatic carbocycles. The Morgan fingerprint density at radius 2 is 1.73 bits per heavy atom. The summed E-state index contributed by atoms with van der Waals surface area (Å²) in [5.74, 6) is 0.594. The molecule has 40 heavy (non-hydrogen) atoms. The lowest BCUT2D eigenvalue weighted by Gasteiger charge is -2.22. The molecule has 0 aliphatic rings. The number of nitrogens with zero attached hydrogens (tertiary/aromatic N) is 1. The number of amides is 1. The van der Waals surface area contributed by atoms with Gasteiger partial charge in [-0.05, 0) is 68.1 Å². The topological polar surface area (TPSA) is 102 Å². The molecule has 0 aliphatic heterocycles. The summed E-state index contributed by atoms with van der Waals surface area (Å²) in [5, 5.41) is 6.83. The van der Waals surface area contributed by atoms with Gasteiger partial charge in [0.2, 0.25) is 5.91 Å². The van der Waals surface area contributed by atoms with Crippen molar-refractivity contribution in [2.75, 3.05) is 6.26 Å². The molecule has 0 radical (unpaired) electrons. The molecular formula is C32H34N2O5S. The molecule has 8 heteroatoms. The molecule has 5 rings (SSSR count). The number of carbonyl (C=O) groups excluding carboxylic acids is 1. The lowest BCUT2D eigenvalue weighted by molar-refractivity contribution is -0.120. The molecular weight excluding hydrogens is 524 g/mol. The van der Waals surface area contributed by atoms with Crippen molar-refractivity contribution in [3.05, 3.63) is 123 Å². The maximum Gasteiger partial charge on any atom is 0.225 e. The van der Waals surface area contributed by atoms with Crippen LogP contribution < -0.4 is 5.32 Å². The summed E-state index contributed by atoms with van der Waals surface area (Å²) in [6.45, 7) is 7.51. The van der Waals surface area contributed by atoms with Gasteiger partial charge in [0.1, 0.15) is 22.4 Å². The van der Waals surface area contributed by atoms with E-state index < -0.39 is 15.1 Å². The minimum absolute atomic E-state index is 0. The van der Waals surface area contributed by atoms with Gasteiger partial charge >= 0.3 is 0 Å². The van der Waals surface area contributed by atoms with Gasteiger partial charge in [0.25, 0.3) is 0 Å². The number of hydrogen-bond acceptors (Lipinski definition) is 6. The van der Waals surface area contributed by atoms with Crippen LogP contribution in [-0.4, -0.2) is 25.7 Å². The number of carbonyl (C=O) groups is 1. The zero-order valence-electron chi connectivity index (χ0n) is 23.2. The molecule has 0 bridgehead atoms. The summed E-state index contributed by atoms with van der Waals surface area (Å²) < 4.78 is 36.9. The molecule has 2 atom stereocenters. The highest BCUT2D eigenvalue weighted by atomic mass is 32.2. The minimum Gasteiger partial charge on any atom is -0.459 e. The van der Waals surface area contributed by atoms with Crippen LogP contribution in [0.5, 0.6) is 0 Å². The minimum atomic E-state index is -3.59. The summed E-state index contributed by atoms with van der Waals surface area (Å²) in [7, 11) is -3.59. The van der Waals surface area contributed by atoms with Crippen LogP contribution in [0.15, 0.2) is 81.7 Å². The number of aromatic nitrogens is 1. The van der Waals surface area contributed by atoms with Crippen molar-refractivity contribution < 1.29 is 23.6 Å². The van der Waals surface area contributed by atoms with Crippen LogP contribution in [0.1, 0.15) is 63.3 Å². The lowest BCUT2D eigenvalue weighted by atomic mass is 9.93. The van der Waals surface area contributed by atoms with E-state index >= 15 is 0 Å². The zero-order chi connectivity index (χ0) is 28.6. The molecule has 1 N–H and O–H groups in total. The van der Waals surface area contributed by atoms with Gasteiger partial charge in [-0.3, -0.25) is 4.79 Å². The predicted molar refractivity (Wildman–Crippen MR) is 157 cm³/mol. The molecule has 0 spiro atoms. The standard InChI is InChI=1S/C32H32N2O5S.H2/c1-19-11-13-26(20(2)15-19)31(24-9-7-6-8-10-24)33-29(35)17-23-12-14-27-25(16-23)18-28(38-27)32(40(5,36)37)30-21(3)34-39-22(30)4;/h6-16,18,31-32H,17H2,1-5H3,(H,33,35);1H. The van der Waals surface area contributed by atoms with E-state index in [2.05, 4.69) is 42.5 Å². The van der Waals surface area contributed by atoms with E-state index in [-0.39, 0.29) is 25.6 Å². The summed E-state index contributed by atoms with van der Waals surface area (Å²) >= 11 is 0. The van der Waals surface area contributed by atoms with E-state index in [9.17, 15) is 13.2 Å². The zero-order valence-corrected chi connectivity index (χ0v) is 24.0. The van der Waals surface area contributed by atoms with Crippen LogP contribution in [0.25, 0.3) is 11.0 Å². The fraction of sp³-hybridized carbons (Fsp3) is 0.250. The smallest absolute Gasteiger partial charge is 0.225 e. The van der Waals surface area contributed by atoms with Gasteiger partial charge in [0.05, 0.1) is 18.2 Å². The molecule has 2 heterocycles. The molecule has 2 unspecified atom stereocenters. The number of rotatable bonds is 8. The number of fused-ring (bicyclic) bond motifs is 1. The largest absolute Gasteiger partial charge is 0.459 e. The van der Waals surface area contributed by atoms with Gasteiger partial charge in [0, 0.05) is 18.6 Å². The van der Waals surface area contributed by atoms with Crippen molar-refractivity contribution in [1.82, 2.24) is 10.5 Å². The maximum atomic E-state index is 13.3. The van der Waals surface area contributed by atoms with Gasteiger partial charge in [-0.1, -0.05) is 65.3 Å². The number of aryl methyl sites for hydroxylation is 4. The molecule has 0 saturated heterocycles. The summed E-state index contributed by atoms with van der Waals surface area (Å²) in [4.78, 5) is 13.3. The van der Waals surface area contributed by atoms with E-state index in [4.69, 9.17) is 8.94 Å². The lowest BCUT2D eigenvalue weighted by Crippen LogP contribution is -2.31.